The molecular formula is C25H26F5N3O5. The van der Waals surface area contributed by atoms with Crippen molar-refractivity contribution in [1.29, 1.82) is 0 Å². The summed E-state index contributed by atoms with van der Waals surface area (Å²) in [7, 11) is 1.03. The summed E-state index contributed by atoms with van der Waals surface area (Å²) in [5.41, 5.74) is -4.37. The number of ether oxygens (including phenoxy) is 2. The van der Waals surface area contributed by atoms with Crippen LogP contribution in [0.25, 0.3) is 0 Å². The van der Waals surface area contributed by atoms with E-state index in [9.17, 15) is 36.6 Å². The fraction of sp³-hybridized carbons (Fsp3) is 0.480. The number of nitrogens with zero attached hydrogens (tertiary/aromatic N) is 1. The number of anilines is 1. The number of halogens is 5. The average Bonchev–Trinajstić information content (AvgIpc) is 3.53. The molecule has 0 bridgehead atoms. The molecule has 1 aromatic carbocycles. The lowest BCUT2D eigenvalue weighted by atomic mass is 9.77. The van der Waals surface area contributed by atoms with Gasteiger partial charge in [0.15, 0.2) is 22.9 Å². The van der Waals surface area contributed by atoms with Gasteiger partial charge in [0.05, 0.1) is 18.4 Å². The summed E-state index contributed by atoms with van der Waals surface area (Å²) in [4.78, 5) is 30.0. The molecule has 2 amide bonds. The van der Waals surface area contributed by atoms with Crippen LogP contribution in [0.15, 0.2) is 30.5 Å². The highest BCUT2D eigenvalue weighted by Crippen LogP contribution is 2.55. The van der Waals surface area contributed by atoms with Crippen molar-refractivity contribution in [3.8, 4) is 5.75 Å². The molecule has 4 rings (SSSR count). The molecule has 38 heavy (non-hydrogen) atoms. The molecule has 1 aliphatic heterocycles. The van der Waals surface area contributed by atoms with Gasteiger partial charge in [0.25, 0.3) is 11.8 Å². The van der Waals surface area contributed by atoms with Gasteiger partial charge in [-0.05, 0) is 38.0 Å². The van der Waals surface area contributed by atoms with Crippen LogP contribution in [-0.4, -0.2) is 59.0 Å². The molecule has 206 valence electrons. The molecule has 13 heteroatoms. The van der Waals surface area contributed by atoms with Crippen molar-refractivity contribution in [3.05, 3.63) is 53.4 Å². The van der Waals surface area contributed by atoms with E-state index in [2.05, 4.69) is 15.6 Å². The van der Waals surface area contributed by atoms with E-state index in [0.717, 1.165) is 26.2 Å². The number of nitrogens with one attached hydrogen (secondary N) is 2. The molecule has 2 aliphatic rings. The summed E-state index contributed by atoms with van der Waals surface area (Å²) < 4.78 is 81.1. The van der Waals surface area contributed by atoms with Crippen LogP contribution in [0.1, 0.15) is 48.7 Å². The number of pyridine rings is 1. The zero-order chi connectivity index (χ0) is 28.0. The summed E-state index contributed by atoms with van der Waals surface area (Å²) >= 11 is 0. The standard InChI is InChI=1S/C25H26F5N3O5/c1-12-16(13-6-7-14(26)17(27)19(13)37-3)20(38-23(12,2)25(28,29)30)22(35)33-15-5-4-10-31-18(15)21(34)32-11-24(36)8-9-24/h4-7,10,12,16,20,36H,8-9,11H2,1-3H3,(H,32,34)(H,33,35)/t12-,16-,20+,23+/m0/s1. The number of alkyl halides is 3. The van der Waals surface area contributed by atoms with E-state index >= 15 is 0 Å². The Hall–Kier alpha value is -3.32. The van der Waals surface area contributed by atoms with E-state index < -0.39 is 64.5 Å². The van der Waals surface area contributed by atoms with Gasteiger partial charge in [0.1, 0.15) is 6.10 Å². The largest absolute Gasteiger partial charge is 0.493 e. The molecule has 3 N–H and O–H groups in total. The predicted molar refractivity (Wildman–Crippen MR) is 124 cm³/mol. The van der Waals surface area contributed by atoms with Gasteiger partial charge in [-0.25, -0.2) is 9.37 Å². The molecule has 4 atom stereocenters. The minimum atomic E-state index is -4.92. The number of aliphatic hydroxyl groups is 1. The summed E-state index contributed by atoms with van der Waals surface area (Å²) in [5.74, 6) is -7.98. The zero-order valence-corrected chi connectivity index (χ0v) is 20.7. The highest BCUT2D eigenvalue weighted by atomic mass is 19.4. The SMILES string of the molecule is COc1c([C@H]2[C@H](C(=O)Nc3cccnc3C(=O)NCC3(O)CC3)O[C@@](C)(C(F)(F)F)[C@H]2C)ccc(F)c1F. The third-order valence-electron chi connectivity index (χ3n) is 7.26. The van der Waals surface area contributed by atoms with Gasteiger partial charge in [0, 0.05) is 30.1 Å². The number of hydrogen-bond donors (Lipinski definition) is 3. The molecule has 1 saturated heterocycles. The summed E-state index contributed by atoms with van der Waals surface area (Å²) in [5, 5.41) is 14.9. The van der Waals surface area contributed by atoms with Gasteiger partial charge in [-0.3, -0.25) is 9.59 Å². The second-order valence-corrected chi connectivity index (χ2v) is 9.74. The lowest BCUT2D eigenvalue weighted by Gasteiger charge is -2.32. The minimum Gasteiger partial charge on any atom is -0.493 e. The Bertz CT molecular complexity index is 1250. The van der Waals surface area contributed by atoms with E-state index in [4.69, 9.17) is 9.47 Å². The van der Waals surface area contributed by atoms with Crippen LogP contribution in [0, 0.1) is 17.6 Å². The van der Waals surface area contributed by atoms with E-state index in [-0.39, 0.29) is 23.5 Å². The van der Waals surface area contributed by atoms with Gasteiger partial charge in [0.2, 0.25) is 5.82 Å². The van der Waals surface area contributed by atoms with Crippen LogP contribution in [-0.2, 0) is 9.53 Å². The second-order valence-electron chi connectivity index (χ2n) is 9.74. The number of carbonyl (C=O) groups excluding carboxylic acids is 2. The fourth-order valence-electron chi connectivity index (χ4n) is 4.58. The van der Waals surface area contributed by atoms with Gasteiger partial charge in [-0.15, -0.1) is 0 Å². The van der Waals surface area contributed by atoms with E-state index in [1.165, 1.54) is 25.3 Å². The van der Waals surface area contributed by atoms with Crippen LogP contribution >= 0.6 is 0 Å². The van der Waals surface area contributed by atoms with Crippen molar-refractivity contribution < 1.29 is 46.1 Å². The maximum atomic E-state index is 14.5. The van der Waals surface area contributed by atoms with Gasteiger partial charge >= 0.3 is 6.18 Å². The highest BCUT2D eigenvalue weighted by molar-refractivity contribution is 6.03. The molecule has 0 unspecified atom stereocenters. The maximum absolute atomic E-state index is 14.5. The summed E-state index contributed by atoms with van der Waals surface area (Å²) in [6.07, 6.45) is -4.45. The van der Waals surface area contributed by atoms with Crippen LogP contribution in [0.2, 0.25) is 0 Å². The quantitative estimate of drug-likeness (QED) is 0.460. The Morgan fingerprint density at radius 3 is 2.53 bits per heavy atom. The predicted octanol–water partition coefficient (Wildman–Crippen LogP) is 3.70. The molecule has 2 fully saturated rings. The molecule has 1 saturated carbocycles. The van der Waals surface area contributed by atoms with E-state index in [1.54, 1.807) is 0 Å². The first-order chi connectivity index (χ1) is 17.7. The Morgan fingerprint density at radius 2 is 1.92 bits per heavy atom. The Kier molecular flexibility index (Phi) is 7.12. The van der Waals surface area contributed by atoms with Crippen LogP contribution in [0.5, 0.6) is 5.75 Å². The van der Waals surface area contributed by atoms with Crippen molar-refractivity contribution in [2.75, 3.05) is 19.0 Å². The molecule has 1 aliphatic carbocycles. The van der Waals surface area contributed by atoms with Crippen molar-refractivity contribution in [2.24, 2.45) is 5.92 Å². The van der Waals surface area contributed by atoms with Crippen molar-refractivity contribution in [1.82, 2.24) is 10.3 Å². The highest BCUT2D eigenvalue weighted by Gasteiger charge is 2.66. The monoisotopic (exact) mass is 543 g/mol. The maximum Gasteiger partial charge on any atom is 0.417 e. The number of hydrogen-bond acceptors (Lipinski definition) is 6. The van der Waals surface area contributed by atoms with E-state index in [1.807, 2.05) is 0 Å². The van der Waals surface area contributed by atoms with Gasteiger partial charge < -0.3 is 25.2 Å². The minimum absolute atomic E-state index is 0.0407. The van der Waals surface area contributed by atoms with Crippen LogP contribution in [0.4, 0.5) is 27.6 Å². The first kappa shape index (κ1) is 27.7. The zero-order valence-electron chi connectivity index (χ0n) is 20.7. The molecule has 0 radical (unpaired) electrons. The smallest absolute Gasteiger partial charge is 0.417 e. The molecule has 1 aromatic heterocycles. The second kappa shape index (κ2) is 9.77. The van der Waals surface area contributed by atoms with Gasteiger partial charge in [-0.2, -0.15) is 17.6 Å². The fourth-order valence-corrected chi connectivity index (χ4v) is 4.58. The molecular weight excluding hydrogens is 517 g/mol. The number of carbonyl (C=O) groups is 2. The number of rotatable bonds is 7. The third kappa shape index (κ3) is 4.92. The first-order valence-electron chi connectivity index (χ1n) is 11.8. The lowest BCUT2D eigenvalue weighted by Crippen LogP contribution is -2.47. The number of aromatic nitrogens is 1. The van der Waals surface area contributed by atoms with Crippen molar-refractivity contribution in [3.63, 3.8) is 0 Å². The Morgan fingerprint density at radius 1 is 1.24 bits per heavy atom. The topological polar surface area (TPSA) is 110 Å². The van der Waals surface area contributed by atoms with E-state index in [0.29, 0.717) is 12.8 Å². The van der Waals surface area contributed by atoms with Crippen molar-refractivity contribution in [2.45, 2.75) is 56.1 Å². The number of benzene rings is 1. The molecule has 8 nitrogen and oxygen atoms in total. The molecule has 0 spiro atoms. The van der Waals surface area contributed by atoms with Crippen LogP contribution in [0.3, 0.4) is 0 Å². The first-order valence-corrected chi connectivity index (χ1v) is 11.8. The lowest BCUT2D eigenvalue weighted by molar-refractivity contribution is -0.272. The number of methoxy groups -OCH3 is 1. The Labute approximate surface area is 214 Å². The average molecular weight is 543 g/mol. The molecule has 2 heterocycles. The summed E-state index contributed by atoms with van der Waals surface area (Å²) in [6, 6.07) is 4.50. The number of amides is 2. The van der Waals surface area contributed by atoms with Gasteiger partial charge in [-0.1, -0.05) is 13.0 Å². The Balaban J connectivity index is 1.69. The van der Waals surface area contributed by atoms with Crippen molar-refractivity contribution >= 4 is 17.5 Å². The third-order valence-corrected chi connectivity index (χ3v) is 7.26. The molecule has 2 aromatic rings. The normalized spacial score (nSPS) is 26.1. The van der Waals surface area contributed by atoms with Crippen LogP contribution < -0.4 is 15.4 Å². The summed E-state index contributed by atoms with van der Waals surface area (Å²) in [6.45, 7) is 1.93.